The summed E-state index contributed by atoms with van der Waals surface area (Å²) in [5, 5.41) is 4.10. The molecule has 1 atom stereocenters. The topological polar surface area (TPSA) is 70.1 Å². The molecule has 0 radical (unpaired) electrons. The summed E-state index contributed by atoms with van der Waals surface area (Å²) in [6.45, 7) is 4.61. The number of nitrogens with zero attached hydrogens (tertiary/aromatic N) is 2. The minimum Gasteiger partial charge on any atom is -0.461 e. The predicted molar refractivity (Wildman–Crippen MR) is 56.6 cm³/mol. The third kappa shape index (κ3) is 2.56. The molecule has 0 aliphatic rings. The van der Waals surface area contributed by atoms with Gasteiger partial charge in [0.05, 0.1) is 12.6 Å². The summed E-state index contributed by atoms with van der Waals surface area (Å²) in [6.07, 6.45) is 2.43. The van der Waals surface area contributed by atoms with Gasteiger partial charge in [-0.25, -0.2) is 4.79 Å². The van der Waals surface area contributed by atoms with Gasteiger partial charge in [0, 0.05) is 12.7 Å². The monoisotopic (exact) mass is 211 g/mol. The number of rotatable bonds is 5. The van der Waals surface area contributed by atoms with Gasteiger partial charge in [-0.2, -0.15) is 5.10 Å². The Labute approximate surface area is 89.2 Å². The smallest absolute Gasteiger partial charge is 0.356 e. The van der Waals surface area contributed by atoms with E-state index in [1.807, 2.05) is 6.92 Å². The molecule has 1 rings (SSSR count). The molecule has 15 heavy (non-hydrogen) atoms. The lowest BCUT2D eigenvalue weighted by Crippen LogP contribution is -2.23. The quantitative estimate of drug-likeness (QED) is 0.737. The van der Waals surface area contributed by atoms with Crippen molar-refractivity contribution >= 4 is 5.97 Å². The zero-order valence-electron chi connectivity index (χ0n) is 9.14. The lowest BCUT2D eigenvalue weighted by atomic mass is 10.2. The molecule has 1 aromatic rings. The fraction of sp³-hybridized carbons (Fsp3) is 0.600. The van der Waals surface area contributed by atoms with Gasteiger partial charge in [0.25, 0.3) is 0 Å². The Morgan fingerprint density at radius 1 is 1.67 bits per heavy atom. The lowest BCUT2D eigenvalue weighted by molar-refractivity contribution is 0.0509. The molecular weight excluding hydrogens is 194 g/mol. The molecule has 0 aromatic carbocycles. The molecule has 2 N–H and O–H groups in total. The third-order valence-corrected chi connectivity index (χ3v) is 2.24. The molecule has 0 bridgehead atoms. The number of ether oxygens (including phenoxy) is 1. The number of hydrogen-bond donors (Lipinski definition) is 1. The number of nitrogens with two attached hydrogens (primary N) is 1. The fourth-order valence-corrected chi connectivity index (χ4v) is 1.41. The minimum absolute atomic E-state index is 0.0550. The number of hydrogen-bond acceptors (Lipinski definition) is 4. The first-order valence-corrected chi connectivity index (χ1v) is 5.15. The van der Waals surface area contributed by atoms with E-state index in [1.54, 1.807) is 23.9 Å². The van der Waals surface area contributed by atoms with Gasteiger partial charge in [0.15, 0.2) is 0 Å². The largest absolute Gasteiger partial charge is 0.461 e. The molecule has 0 spiro atoms. The summed E-state index contributed by atoms with van der Waals surface area (Å²) >= 11 is 0. The Bertz CT molecular complexity index is 318. The van der Waals surface area contributed by atoms with Crippen LogP contribution in [0.3, 0.4) is 0 Å². The Balaban J connectivity index is 2.89. The molecule has 0 saturated carbocycles. The number of esters is 1. The van der Waals surface area contributed by atoms with Crippen LogP contribution in [0.1, 0.15) is 36.8 Å². The molecule has 0 aliphatic carbocycles. The average Bonchev–Trinajstić information content (AvgIpc) is 2.69. The summed E-state index contributed by atoms with van der Waals surface area (Å²) in [6, 6.07) is 1.70. The van der Waals surface area contributed by atoms with Crippen molar-refractivity contribution in [3.05, 3.63) is 18.0 Å². The van der Waals surface area contributed by atoms with Crippen LogP contribution in [0.5, 0.6) is 0 Å². The standard InChI is InChI=1S/C10H17N3O2/c1-3-8(7-11)13-9(5-6-12-13)10(14)15-4-2/h5-6,8H,3-4,7,11H2,1-2H3. The van der Waals surface area contributed by atoms with Crippen LogP contribution < -0.4 is 5.73 Å². The highest BCUT2D eigenvalue weighted by atomic mass is 16.5. The van der Waals surface area contributed by atoms with E-state index in [0.717, 1.165) is 6.42 Å². The first-order chi connectivity index (χ1) is 7.24. The van der Waals surface area contributed by atoms with E-state index in [4.69, 9.17) is 10.5 Å². The summed E-state index contributed by atoms with van der Waals surface area (Å²) in [5.41, 5.74) is 6.07. The molecular formula is C10H17N3O2. The van der Waals surface area contributed by atoms with E-state index in [1.165, 1.54) is 0 Å². The van der Waals surface area contributed by atoms with Gasteiger partial charge in [0.2, 0.25) is 0 Å². The normalized spacial score (nSPS) is 12.5. The van der Waals surface area contributed by atoms with Crippen LogP contribution in [0.15, 0.2) is 12.3 Å². The predicted octanol–water partition coefficient (Wildman–Crippen LogP) is 0.970. The van der Waals surface area contributed by atoms with Gasteiger partial charge in [-0.15, -0.1) is 0 Å². The molecule has 0 amide bonds. The van der Waals surface area contributed by atoms with Crippen LogP contribution in [-0.2, 0) is 4.74 Å². The first-order valence-electron chi connectivity index (χ1n) is 5.15. The van der Waals surface area contributed by atoms with Crippen LogP contribution in [0.25, 0.3) is 0 Å². The highest BCUT2D eigenvalue weighted by molar-refractivity contribution is 5.87. The Morgan fingerprint density at radius 3 is 2.93 bits per heavy atom. The van der Waals surface area contributed by atoms with E-state index in [9.17, 15) is 4.79 Å². The Morgan fingerprint density at radius 2 is 2.40 bits per heavy atom. The lowest BCUT2D eigenvalue weighted by Gasteiger charge is -2.15. The number of carbonyl (C=O) groups excluding carboxylic acids is 1. The maximum atomic E-state index is 11.5. The number of aromatic nitrogens is 2. The van der Waals surface area contributed by atoms with Crippen molar-refractivity contribution in [2.24, 2.45) is 5.73 Å². The molecule has 1 heterocycles. The number of carbonyl (C=O) groups is 1. The second-order valence-corrected chi connectivity index (χ2v) is 3.18. The minimum atomic E-state index is -0.345. The average molecular weight is 211 g/mol. The van der Waals surface area contributed by atoms with Crippen LogP contribution in [0.2, 0.25) is 0 Å². The summed E-state index contributed by atoms with van der Waals surface area (Å²) in [7, 11) is 0. The second kappa shape index (κ2) is 5.50. The Kier molecular flexibility index (Phi) is 4.30. The molecule has 1 unspecified atom stereocenters. The Hall–Kier alpha value is -1.36. The summed E-state index contributed by atoms with van der Waals surface area (Å²) in [4.78, 5) is 11.5. The van der Waals surface area contributed by atoms with Gasteiger partial charge >= 0.3 is 5.97 Å². The van der Waals surface area contributed by atoms with Gasteiger partial charge < -0.3 is 10.5 Å². The van der Waals surface area contributed by atoms with Crippen molar-refractivity contribution in [3.63, 3.8) is 0 Å². The van der Waals surface area contributed by atoms with E-state index in [-0.39, 0.29) is 12.0 Å². The summed E-state index contributed by atoms with van der Waals surface area (Å²) in [5.74, 6) is -0.345. The maximum Gasteiger partial charge on any atom is 0.356 e. The van der Waals surface area contributed by atoms with Crippen molar-refractivity contribution in [3.8, 4) is 0 Å². The van der Waals surface area contributed by atoms with E-state index < -0.39 is 0 Å². The van der Waals surface area contributed by atoms with Crippen LogP contribution in [0, 0.1) is 0 Å². The molecule has 0 saturated heterocycles. The van der Waals surface area contributed by atoms with Gasteiger partial charge in [-0.05, 0) is 19.4 Å². The second-order valence-electron chi connectivity index (χ2n) is 3.18. The molecule has 0 aliphatic heterocycles. The molecule has 0 fully saturated rings. The van der Waals surface area contributed by atoms with Crippen molar-refractivity contribution in [2.75, 3.05) is 13.2 Å². The fourth-order valence-electron chi connectivity index (χ4n) is 1.41. The molecule has 5 nitrogen and oxygen atoms in total. The zero-order valence-corrected chi connectivity index (χ0v) is 9.14. The SMILES string of the molecule is CCOC(=O)c1ccnn1C(CC)CN. The van der Waals surface area contributed by atoms with Crippen molar-refractivity contribution in [1.29, 1.82) is 0 Å². The van der Waals surface area contributed by atoms with Crippen molar-refractivity contribution in [2.45, 2.75) is 26.3 Å². The van der Waals surface area contributed by atoms with Crippen LogP contribution in [0.4, 0.5) is 0 Å². The third-order valence-electron chi connectivity index (χ3n) is 2.24. The maximum absolute atomic E-state index is 11.5. The molecule has 1 aromatic heterocycles. The molecule has 84 valence electrons. The van der Waals surface area contributed by atoms with E-state index in [0.29, 0.717) is 18.8 Å². The molecule has 5 heteroatoms. The van der Waals surface area contributed by atoms with Gasteiger partial charge in [-0.3, -0.25) is 4.68 Å². The first kappa shape index (κ1) is 11.7. The van der Waals surface area contributed by atoms with Gasteiger partial charge in [-0.1, -0.05) is 6.92 Å². The van der Waals surface area contributed by atoms with Gasteiger partial charge in [0.1, 0.15) is 5.69 Å². The van der Waals surface area contributed by atoms with E-state index >= 15 is 0 Å². The van der Waals surface area contributed by atoms with Crippen molar-refractivity contribution < 1.29 is 9.53 Å². The van der Waals surface area contributed by atoms with Crippen LogP contribution in [-0.4, -0.2) is 28.9 Å². The highest BCUT2D eigenvalue weighted by Gasteiger charge is 2.17. The van der Waals surface area contributed by atoms with Crippen LogP contribution >= 0.6 is 0 Å². The zero-order chi connectivity index (χ0) is 11.3. The highest BCUT2D eigenvalue weighted by Crippen LogP contribution is 2.12. The summed E-state index contributed by atoms with van der Waals surface area (Å²) < 4.78 is 6.56. The van der Waals surface area contributed by atoms with E-state index in [2.05, 4.69) is 5.10 Å². The van der Waals surface area contributed by atoms with Crippen molar-refractivity contribution in [1.82, 2.24) is 9.78 Å².